The minimum absolute atomic E-state index is 0.246. The van der Waals surface area contributed by atoms with Gasteiger partial charge in [0.2, 0.25) is 5.91 Å². The van der Waals surface area contributed by atoms with E-state index in [0.717, 1.165) is 0 Å². The number of nitrogens with one attached hydrogen (secondary N) is 1. The van der Waals surface area contributed by atoms with Crippen LogP contribution in [-0.2, 0) is 4.79 Å². The van der Waals surface area contributed by atoms with Gasteiger partial charge in [-0.2, -0.15) is 0 Å². The van der Waals surface area contributed by atoms with Crippen LogP contribution in [0.5, 0.6) is 0 Å². The van der Waals surface area contributed by atoms with Gasteiger partial charge in [0.25, 0.3) is 0 Å². The second-order valence-corrected chi connectivity index (χ2v) is 2.43. The predicted octanol–water partition coefficient (Wildman–Crippen LogP) is -0.654. The van der Waals surface area contributed by atoms with Gasteiger partial charge in [-0.1, -0.05) is 0 Å². The van der Waals surface area contributed by atoms with Crippen molar-refractivity contribution in [1.82, 2.24) is 9.97 Å². The largest absolute Gasteiger partial charge is 0.381 e. The van der Waals surface area contributed by atoms with E-state index in [9.17, 15) is 4.79 Å². The summed E-state index contributed by atoms with van der Waals surface area (Å²) in [7, 11) is 0. The molecule has 0 radical (unpaired) electrons. The molecule has 70 valence electrons. The Morgan fingerprint density at radius 3 is 2.77 bits per heavy atom. The first-order valence-corrected chi connectivity index (χ1v) is 3.79. The van der Waals surface area contributed by atoms with Crippen molar-refractivity contribution in [1.29, 1.82) is 0 Å². The van der Waals surface area contributed by atoms with Crippen LogP contribution in [0.4, 0.5) is 11.6 Å². The van der Waals surface area contributed by atoms with E-state index in [1.54, 1.807) is 0 Å². The summed E-state index contributed by atoms with van der Waals surface area (Å²) in [6.07, 6.45) is 3.26. The minimum Gasteiger partial charge on any atom is -0.381 e. The number of nitrogens with zero attached hydrogens (tertiary/aromatic N) is 2. The number of anilines is 2. The maximum absolute atomic E-state index is 10.4. The number of rotatable bonds is 4. The fraction of sp³-hybridized carbons (Fsp3) is 0.286. The lowest BCUT2D eigenvalue weighted by atomic mass is 10.4. The molecule has 0 spiro atoms. The van der Waals surface area contributed by atoms with E-state index in [1.165, 1.54) is 12.4 Å². The molecule has 0 atom stereocenters. The first-order valence-electron chi connectivity index (χ1n) is 3.79. The average Bonchev–Trinajstić information content (AvgIpc) is 2.08. The SMILES string of the molecule is NC(=O)CCNc1nccnc1N. The van der Waals surface area contributed by atoms with Crippen molar-refractivity contribution in [3.05, 3.63) is 12.4 Å². The molecule has 0 aliphatic carbocycles. The zero-order valence-corrected chi connectivity index (χ0v) is 7.03. The van der Waals surface area contributed by atoms with Crippen LogP contribution in [-0.4, -0.2) is 22.4 Å². The van der Waals surface area contributed by atoms with Crippen LogP contribution in [0.15, 0.2) is 12.4 Å². The first kappa shape index (κ1) is 9.24. The number of aromatic nitrogens is 2. The van der Waals surface area contributed by atoms with Gasteiger partial charge in [0.1, 0.15) is 0 Å². The van der Waals surface area contributed by atoms with Crippen molar-refractivity contribution in [3.63, 3.8) is 0 Å². The van der Waals surface area contributed by atoms with E-state index in [2.05, 4.69) is 15.3 Å². The first-order chi connectivity index (χ1) is 6.20. The van der Waals surface area contributed by atoms with Gasteiger partial charge >= 0.3 is 0 Å². The molecule has 0 fully saturated rings. The van der Waals surface area contributed by atoms with Gasteiger partial charge in [-0.3, -0.25) is 4.79 Å². The molecule has 6 nitrogen and oxygen atoms in total. The lowest BCUT2D eigenvalue weighted by Gasteiger charge is -2.04. The van der Waals surface area contributed by atoms with Gasteiger partial charge in [-0.25, -0.2) is 9.97 Å². The van der Waals surface area contributed by atoms with Crippen molar-refractivity contribution >= 4 is 17.5 Å². The van der Waals surface area contributed by atoms with Crippen molar-refractivity contribution in [2.75, 3.05) is 17.6 Å². The molecule has 0 aliphatic rings. The second kappa shape index (κ2) is 4.24. The highest BCUT2D eigenvalue weighted by atomic mass is 16.1. The number of nitrogen functional groups attached to an aromatic ring is 1. The zero-order chi connectivity index (χ0) is 9.68. The smallest absolute Gasteiger partial charge is 0.219 e. The van der Waals surface area contributed by atoms with Crippen LogP contribution in [0.2, 0.25) is 0 Å². The van der Waals surface area contributed by atoms with Crippen LogP contribution in [0, 0.1) is 0 Å². The molecule has 1 rings (SSSR count). The van der Waals surface area contributed by atoms with Crippen LogP contribution < -0.4 is 16.8 Å². The Balaban J connectivity index is 2.45. The minimum atomic E-state index is -0.366. The third kappa shape index (κ3) is 2.94. The molecule has 0 aliphatic heterocycles. The second-order valence-electron chi connectivity index (χ2n) is 2.43. The van der Waals surface area contributed by atoms with Crippen molar-refractivity contribution in [2.24, 2.45) is 5.73 Å². The van der Waals surface area contributed by atoms with E-state index >= 15 is 0 Å². The van der Waals surface area contributed by atoms with Gasteiger partial charge in [0, 0.05) is 25.4 Å². The molecule has 5 N–H and O–H groups in total. The fourth-order valence-electron chi connectivity index (χ4n) is 0.789. The molecule has 0 aromatic carbocycles. The maximum atomic E-state index is 10.4. The average molecular weight is 181 g/mol. The van der Waals surface area contributed by atoms with Crippen LogP contribution >= 0.6 is 0 Å². The Labute approximate surface area is 75.4 Å². The molecular formula is C7H11N5O. The summed E-state index contributed by atoms with van der Waals surface area (Å²) in [4.78, 5) is 18.1. The normalized spacial score (nSPS) is 9.54. The topological polar surface area (TPSA) is 107 Å². The molecule has 0 saturated carbocycles. The third-order valence-electron chi connectivity index (χ3n) is 1.39. The standard InChI is InChI=1S/C7H11N5O/c8-5(13)1-2-11-7-6(9)10-3-4-12-7/h3-4H,1-2H2,(H2,8,13)(H2,9,10)(H,11,12). The number of hydrogen-bond donors (Lipinski definition) is 3. The van der Waals surface area contributed by atoms with E-state index in [0.29, 0.717) is 18.2 Å². The Morgan fingerprint density at radius 1 is 1.46 bits per heavy atom. The molecular weight excluding hydrogens is 170 g/mol. The van der Waals surface area contributed by atoms with Crippen LogP contribution in [0.25, 0.3) is 0 Å². The van der Waals surface area contributed by atoms with Crippen molar-refractivity contribution < 1.29 is 4.79 Å². The summed E-state index contributed by atoms with van der Waals surface area (Å²) in [6, 6.07) is 0. The molecule has 0 bridgehead atoms. The number of primary amides is 1. The van der Waals surface area contributed by atoms with E-state index in [1.807, 2.05) is 0 Å². The van der Waals surface area contributed by atoms with Gasteiger partial charge in [0.15, 0.2) is 11.6 Å². The van der Waals surface area contributed by atoms with E-state index in [-0.39, 0.29) is 12.3 Å². The molecule has 6 heteroatoms. The Morgan fingerprint density at radius 2 is 2.15 bits per heavy atom. The molecule has 1 heterocycles. The molecule has 0 unspecified atom stereocenters. The van der Waals surface area contributed by atoms with Crippen LogP contribution in [0.3, 0.4) is 0 Å². The fourth-order valence-corrected chi connectivity index (χ4v) is 0.789. The summed E-state index contributed by atoms with van der Waals surface area (Å²) in [6.45, 7) is 0.415. The summed E-state index contributed by atoms with van der Waals surface area (Å²) in [5, 5.41) is 2.84. The quantitative estimate of drug-likeness (QED) is 0.572. The summed E-state index contributed by atoms with van der Waals surface area (Å²) in [5.41, 5.74) is 10.4. The number of nitrogens with two attached hydrogens (primary N) is 2. The monoisotopic (exact) mass is 181 g/mol. The Hall–Kier alpha value is -1.85. The highest BCUT2D eigenvalue weighted by Gasteiger charge is 1.99. The van der Waals surface area contributed by atoms with E-state index < -0.39 is 0 Å². The number of carbonyl (C=O) groups excluding carboxylic acids is 1. The Kier molecular flexibility index (Phi) is 3.02. The van der Waals surface area contributed by atoms with Crippen LogP contribution in [0.1, 0.15) is 6.42 Å². The Bertz CT molecular complexity index is 301. The lowest BCUT2D eigenvalue weighted by Crippen LogP contribution is -2.16. The molecule has 1 aromatic rings. The summed E-state index contributed by atoms with van der Waals surface area (Å²) >= 11 is 0. The molecule has 0 saturated heterocycles. The van der Waals surface area contributed by atoms with Crippen molar-refractivity contribution in [3.8, 4) is 0 Å². The lowest BCUT2D eigenvalue weighted by molar-refractivity contribution is -0.117. The van der Waals surface area contributed by atoms with Gasteiger partial charge < -0.3 is 16.8 Å². The van der Waals surface area contributed by atoms with Gasteiger partial charge in [0.05, 0.1) is 0 Å². The summed E-state index contributed by atoms with van der Waals surface area (Å²) < 4.78 is 0. The summed E-state index contributed by atoms with van der Waals surface area (Å²) in [5.74, 6) is 0.422. The van der Waals surface area contributed by atoms with E-state index in [4.69, 9.17) is 11.5 Å². The predicted molar refractivity (Wildman–Crippen MR) is 48.7 cm³/mol. The number of amides is 1. The zero-order valence-electron chi connectivity index (χ0n) is 7.03. The number of hydrogen-bond acceptors (Lipinski definition) is 5. The molecule has 13 heavy (non-hydrogen) atoms. The maximum Gasteiger partial charge on any atom is 0.219 e. The number of carbonyl (C=O) groups is 1. The molecule has 1 amide bonds. The van der Waals surface area contributed by atoms with Crippen molar-refractivity contribution in [2.45, 2.75) is 6.42 Å². The van der Waals surface area contributed by atoms with Gasteiger partial charge in [-0.05, 0) is 0 Å². The third-order valence-corrected chi connectivity index (χ3v) is 1.39. The highest BCUT2D eigenvalue weighted by molar-refractivity contribution is 5.74. The van der Waals surface area contributed by atoms with Gasteiger partial charge in [-0.15, -0.1) is 0 Å². The molecule has 1 aromatic heterocycles. The highest BCUT2D eigenvalue weighted by Crippen LogP contribution is 2.08.